The van der Waals surface area contributed by atoms with E-state index in [0.717, 1.165) is 0 Å². The van der Waals surface area contributed by atoms with Gasteiger partial charge in [0.1, 0.15) is 6.61 Å². The summed E-state index contributed by atoms with van der Waals surface area (Å²) in [5.41, 5.74) is 0. The fourth-order valence-corrected chi connectivity index (χ4v) is 0.582. The molecular formula is C8H13F2NO3. The fraction of sp³-hybridized carbons (Fsp3) is 0.625. The average Bonchev–Trinajstić information content (AvgIpc) is 2.15. The Morgan fingerprint density at radius 3 is 2.86 bits per heavy atom. The van der Waals surface area contributed by atoms with Crippen LogP contribution in [0.1, 0.15) is 0 Å². The van der Waals surface area contributed by atoms with E-state index in [1.54, 1.807) is 0 Å². The van der Waals surface area contributed by atoms with E-state index in [1.807, 2.05) is 0 Å². The Balaban J connectivity index is 3.21. The van der Waals surface area contributed by atoms with Crippen LogP contribution in [-0.4, -0.2) is 39.3 Å². The number of hydrogen-bond acceptors (Lipinski definition) is 4. The standard InChI is InChI=1S/C8H13F2NO3/c1-13-8(12)2-3-11-4-5-14-6-7(9)10/h2-3,7,11H,4-6H2,1H3/b3-2+. The lowest BCUT2D eigenvalue weighted by atomic mass is 10.6. The van der Waals surface area contributed by atoms with Gasteiger partial charge in [-0.15, -0.1) is 0 Å². The fourth-order valence-electron chi connectivity index (χ4n) is 0.582. The highest BCUT2D eigenvalue weighted by molar-refractivity contribution is 5.81. The first kappa shape index (κ1) is 12.8. The lowest BCUT2D eigenvalue weighted by Gasteiger charge is -2.02. The van der Waals surface area contributed by atoms with E-state index in [-0.39, 0.29) is 6.61 Å². The number of rotatable bonds is 7. The summed E-state index contributed by atoms with van der Waals surface area (Å²) in [6, 6.07) is 0. The molecule has 0 atom stereocenters. The molecular weight excluding hydrogens is 196 g/mol. The first-order chi connectivity index (χ1) is 6.66. The molecule has 82 valence electrons. The van der Waals surface area contributed by atoms with Gasteiger partial charge >= 0.3 is 5.97 Å². The van der Waals surface area contributed by atoms with E-state index < -0.39 is 19.0 Å². The van der Waals surface area contributed by atoms with Gasteiger partial charge in [0, 0.05) is 18.8 Å². The largest absolute Gasteiger partial charge is 0.466 e. The molecule has 0 amide bonds. The number of esters is 1. The van der Waals surface area contributed by atoms with Crippen LogP contribution < -0.4 is 5.32 Å². The van der Waals surface area contributed by atoms with Crippen LogP contribution in [0.3, 0.4) is 0 Å². The molecule has 4 nitrogen and oxygen atoms in total. The second-order valence-corrected chi connectivity index (χ2v) is 2.28. The van der Waals surface area contributed by atoms with Crippen molar-refractivity contribution in [2.75, 3.05) is 26.9 Å². The van der Waals surface area contributed by atoms with Crippen LogP contribution in [-0.2, 0) is 14.3 Å². The summed E-state index contributed by atoms with van der Waals surface area (Å²) in [6.07, 6.45) is 0.116. The Morgan fingerprint density at radius 1 is 1.57 bits per heavy atom. The summed E-state index contributed by atoms with van der Waals surface area (Å²) in [6.45, 7) is -0.0432. The number of hydrogen-bond donors (Lipinski definition) is 1. The summed E-state index contributed by atoms with van der Waals surface area (Å²) in [7, 11) is 1.26. The molecule has 0 bridgehead atoms. The molecule has 0 radical (unpaired) electrons. The Bertz CT molecular complexity index is 185. The van der Waals surface area contributed by atoms with E-state index in [1.165, 1.54) is 19.4 Å². The highest BCUT2D eigenvalue weighted by Crippen LogP contribution is 1.91. The monoisotopic (exact) mass is 209 g/mol. The lowest BCUT2D eigenvalue weighted by Crippen LogP contribution is -2.16. The zero-order valence-electron chi connectivity index (χ0n) is 7.83. The summed E-state index contributed by atoms with van der Waals surface area (Å²) in [4.78, 5) is 10.5. The van der Waals surface area contributed by atoms with Gasteiger partial charge in [-0.2, -0.15) is 0 Å². The molecule has 0 saturated heterocycles. The predicted octanol–water partition coefficient (Wildman–Crippen LogP) is 0.544. The molecule has 0 aliphatic carbocycles. The van der Waals surface area contributed by atoms with E-state index in [0.29, 0.717) is 6.54 Å². The Morgan fingerprint density at radius 2 is 2.29 bits per heavy atom. The van der Waals surface area contributed by atoms with Gasteiger partial charge in [0.15, 0.2) is 0 Å². The quantitative estimate of drug-likeness (QED) is 0.378. The minimum absolute atomic E-state index is 0.163. The number of alkyl halides is 2. The van der Waals surface area contributed by atoms with E-state index in [4.69, 9.17) is 0 Å². The molecule has 0 spiro atoms. The number of nitrogens with one attached hydrogen (secondary N) is 1. The van der Waals surface area contributed by atoms with Gasteiger partial charge in [0.25, 0.3) is 6.43 Å². The minimum Gasteiger partial charge on any atom is -0.466 e. The van der Waals surface area contributed by atoms with Crippen molar-refractivity contribution < 1.29 is 23.0 Å². The summed E-state index contributed by atoms with van der Waals surface area (Å²) >= 11 is 0. The molecule has 0 saturated carbocycles. The van der Waals surface area contributed by atoms with Gasteiger partial charge < -0.3 is 14.8 Å². The summed E-state index contributed by atoms with van der Waals surface area (Å²) < 4.78 is 32.0. The summed E-state index contributed by atoms with van der Waals surface area (Å²) in [5.74, 6) is -0.481. The third kappa shape index (κ3) is 8.92. The molecule has 6 heteroatoms. The highest BCUT2D eigenvalue weighted by atomic mass is 19.3. The zero-order chi connectivity index (χ0) is 10.8. The number of carbonyl (C=O) groups excluding carboxylic acids is 1. The predicted molar refractivity (Wildman–Crippen MR) is 46.0 cm³/mol. The second kappa shape index (κ2) is 8.43. The van der Waals surface area contributed by atoms with Gasteiger partial charge in [0.05, 0.1) is 13.7 Å². The van der Waals surface area contributed by atoms with Crippen molar-refractivity contribution in [3.63, 3.8) is 0 Å². The Labute approximate surface area is 80.9 Å². The molecule has 0 aliphatic rings. The second-order valence-electron chi connectivity index (χ2n) is 2.28. The average molecular weight is 209 g/mol. The Hall–Kier alpha value is -1.17. The SMILES string of the molecule is COC(=O)/C=C/NCCOCC(F)F. The van der Waals surface area contributed by atoms with E-state index in [2.05, 4.69) is 14.8 Å². The van der Waals surface area contributed by atoms with Gasteiger partial charge in [-0.05, 0) is 0 Å². The maximum atomic E-state index is 11.5. The first-order valence-electron chi connectivity index (χ1n) is 4.00. The van der Waals surface area contributed by atoms with Crippen molar-refractivity contribution in [1.29, 1.82) is 0 Å². The first-order valence-corrected chi connectivity index (χ1v) is 4.00. The summed E-state index contributed by atoms with van der Waals surface area (Å²) in [5, 5.41) is 2.67. The van der Waals surface area contributed by atoms with E-state index in [9.17, 15) is 13.6 Å². The number of carbonyl (C=O) groups is 1. The van der Waals surface area contributed by atoms with Crippen LogP contribution in [0.25, 0.3) is 0 Å². The third-order valence-electron chi connectivity index (χ3n) is 1.17. The van der Waals surface area contributed by atoms with Crippen LogP contribution in [0.5, 0.6) is 0 Å². The topological polar surface area (TPSA) is 47.6 Å². The van der Waals surface area contributed by atoms with Crippen molar-refractivity contribution in [2.45, 2.75) is 6.43 Å². The van der Waals surface area contributed by atoms with Crippen molar-refractivity contribution in [1.82, 2.24) is 5.32 Å². The van der Waals surface area contributed by atoms with Crippen LogP contribution in [0.4, 0.5) is 8.78 Å². The number of methoxy groups -OCH3 is 1. The molecule has 1 N–H and O–H groups in total. The molecule has 0 heterocycles. The molecule has 0 unspecified atom stereocenters. The third-order valence-corrected chi connectivity index (χ3v) is 1.17. The molecule has 0 aromatic rings. The highest BCUT2D eigenvalue weighted by Gasteiger charge is 1.99. The maximum absolute atomic E-state index is 11.5. The normalized spacial score (nSPS) is 10.9. The van der Waals surface area contributed by atoms with Gasteiger partial charge in [-0.25, -0.2) is 13.6 Å². The van der Waals surface area contributed by atoms with Gasteiger partial charge in [-0.3, -0.25) is 0 Å². The molecule has 0 fully saturated rings. The minimum atomic E-state index is -2.44. The lowest BCUT2D eigenvalue weighted by molar-refractivity contribution is -0.134. The van der Waals surface area contributed by atoms with Crippen LogP contribution >= 0.6 is 0 Å². The number of ether oxygens (including phenoxy) is 2. The smallest absolute Gasteiger partial charge is 0.331 e. The van der Waals surface area contributed by atoms with Crippen LogP contribution in [0.2, 0.25) is 0 Å². The van der Waals surface area contributed by atoms with Crippen molar-refractivity contribution in [3.8, 4) is 0 Å². The molecule has 14 heavy (non-hydrogen) atoms. The van der Waals surface area contributed by atoms with Crippen LogP contribution in [0.15, 0.2) is 12.3 Å². The molecule has 0 rings (SSSR count). The molecule has 0 aromatic heterocycles. The van der Waals surface area contributed by atoms with Gasteiger partial charge in [0.2, 0.25) is 0 Å². The van der Waals surface area contributed by atoms with E-state index >= 15 is 0 Å². The van der Waals surface area contributed by atoms with Gasteiger partial charge in [-0.1, -0.05) is 0 Å². The Kier molecular flexibility index (Phi) is 7.72. The molecule has 0 aromatic carbocycles. The van der Waals surface area contributed by atoms with Crippen molar-refractivity contribution in [3.05, 3.63) is 12.3 Å². The number of halogens is 2. The zero-order valence-corrected chi connectivity index (χ0v) is 7.83. The molecule has 0 aliphatic heterocycles. The van der Waals surface area contributed by atoms with Crippen LogP contribution in [0, 0.1) is 0 Å². The maximum Gasteiger partial charge on any atom is 0.331 e. The van der Waals surface area contributed by atoms with Crippen molar-refractivity contribution >= 4 is 5.97 Å². The van der Waals surface area contributed by atoms with Crippen molar-refractivity contribution in [2.24, 2.45) is 0 Å².